The molecule has 0 bridgehead atoms. The first-order chi connectivity index (χ1) is 8.04. The third-order valence-electron chi connectivity index (χ3n) is 2.41. The van der Waals surface area contributed by atoms with Gasteiger partial charge in [-0.1, -0.05) is 19.8 Å². The van der Waals surface area contributed by atoms with Crippen LogP contribution < -0.4 is 5.32 Å². The highest BCUT2D eigenvalue weighted by Gasteiger charge is 2.21. The quantitative estimate of drug-likeness (QED) is 0.795. The number of nitrogens with one attached hydrogen (secondary N) is 1. The van der Waals surface area contributed by atoms with E-state index in [2.05, 4.69) is 5.32 Å². The van der Waals surface area contributed by atoms with E-state index in [0.29, 0.717) is 12.2 Å². The molecule has 5 nitrogen and oxygen atoms in total. The van der Waals surface area contributed by atoms with Gasteiger partial charge >= 0.3 is 5.97 Å². The van der Waals surface area contributed by atoms with Crippen molar-refractivity contribution in [3.05, 3.63) is 23.7 Å². The maximum atomic E-state index is 11.7. The minimum absolute atomic E-state index is 0.144. The van der Waals surface area contributed by atoms with Crippen LogP contribution >= 0.6 is 0 Å². The number of carboxylic acids is 1. The highest BCUT2D eigenvalue weighted by Crippen LogP contribution is 2.08. The van der Waals surface area contributed by atoms with Gasteiger partial charge in [0.15, 0.2) is 5.76 Å². The van der Waals surface area contributed by atoms with Gasteiger partial charge in [-0.2, -0.15) is 0 Å². The molecule has 0 saturated carbocycles. The molecule has 0 fully saturated rings. The monoisotopic (exact) mass is 239 g/mol. The fraction of sp³-hybridized carbons (Fsp3) is 0.500. The van der Waals surface area contributed by atoms with Gasteiger partial charge in [0.05, 0.1) is 0 Å². The van der Waals surface area contributed by atoms with Crippen LogP contribution in [-0.2, 0) is 4.79 Å². The number of furan rings is 1. The molecule has 2 N–H and O–H groups in total. The summed E-state index contributed by atoms with van der Waals surface area (Å²) in [6.07, 6.45) is 2.07. The second-order valence-electron chi connectivity index (χ2n) is 3.92. The Morgan fingerprint density at radius 1 is 1.47 bits per heavy atom. The molecule has 0 aromatic carbocycles. The Kier molecular flexibility index (Phi) is 4.75. The molecular formula is C12H17NO4. The van der Waals surface area contributed by atoms with Gasteiger partial charge in [-0.05, 0) is 25.5 Å². The lowest BCUT2D eigenvalue weighted by Crippen LogP contribution is -2.40. The molecular weight excluding hydrogens is 222 g/mol. The van der Waals surface area contributed by atoms with Crippen molar-refractivity contribution in [3.8, 4) is 0 Å². The summed E-state index contributed by atoms with van der Waals surface area (Å²) in [5.74, 6) is -0.738. The minimum Gasteiger partial charge on any atom is -0.480 e. The van der Waals surface area contributed by atoms with Crippen LogP contribution in [0.25, 0.3) is 0 Å². The summed E-state index contributed by atoms with van der Waals surface area (Å²) in [4.78, 5) is 22.6. The first-order valence-corrected chi connectivity index (χ1v) is 5.64. The predicted molar refractivity (Wildman–Crippen MR) is 61.9 cm³/mol. The van der Waals surface area contributed by atoms with Gasteiger partial charge in [-0.3, -0.25) is 4.79 Å². The number of aliphatic carboxylic acids is 1. The Hall–Kier alpha value is -1.78. The molecule has 0 spiro atoms. The molecule has 1 atom stereocenters. The Morgan fingerprint density at radius 2 is 2.18 bits per heavy atom. The average molecular weight is 239 g/mol. The maximum absolute atomic E-state index is 11.7. The molecule has 0 aliphatic carbocycles. The number of aryl methyl sites for hydroxylation is 1. The number of amides is 1. The Bertz CT molecular complexity index is 397. The molecule has 17 heavy (non-hydrogen) atoms. The molecule has 0 aliphatic heterocycles. The Morgan fingerprint density at radius 3 is 2.65 bits per heavy atom. The molecule has 0 radical (unpaired) electrons. The first-order valence-electron chi connectivity index (χ1n) is 5.64. The van der Waals surface area contributed by atoms with Crippen LogP contribution in [0, 0.1) is 6.92 Å². The van der Waals surface area contributed by atoms with E-state index in [4.69, 9.17) is 9.52 Å². The molecule has 0 aliphatic rings. The van der Waals surface area contributed by atoms with Crippen LogP contribution in [0.4, 0.5) is 0 Å². The normalized spacial score (nSPS) is 12.1. The molecule has 1 amide bonds. The molecule has 5 heteroatoms. The van der Waals surface area contributed by atoms with Crippen molar-refractivity contribution in [1.29, 1.82) is 0 Å². The predicted octanol–water partition coefficient (Wildman–Crippen LogP) is 1.96. The molecule has 1 aromatic rings. The van der Waals surface area contributed by atoms with E-state index in [1.807, 2.05) is 6.92 Å². The molecule has 1 aromatic heterocycles. The van der Waals surface area contributed by atoms with Crippen LogP contribution in [0.15, 0.2) is 16.5 Å². The highest BCUT2D eigenvalue weighted by molar-refractivity contribution is 5.94. The number of hydrogen-bond donors (Lipinski definition) is 2. The van der Waals surface area contributed by atoms with Crippen molar-refractivity contribution in [2.45, 2.75) is 39.2 Å². The van der Waals surface area contributed by atoms with Crippen molar-refractivity contribution < 1.29 is 19.1 Å². The van der Waals surface area contributed by atoms with Crippen molar-refractivity contribution in [2.24, 2.45) is 0 Å². The van der Waals surface area contributed by atoms with E-state index in [1.165, 1.54) is 6.07 Å². The van der Waals surface area contributed by atoms with Crippen molar-refractivity contribution >= 4 is 11.9 Å². The third kappa shape index (κ3) is 3.94. The standard InChI is InChI=1S/C12H17NO4/c1-3-4-5-9(12(15)16)13-11(14)10-7-6-8(2)17-10/h6-7,9H,3-5H2,1-2H3,(H,13,14)(H,15,16)/t9-/m0/s1. The molecule has 1 heterocycles. The second kappa shape index (κ2) is 6.08. The van der Waals surface area contributed by atoms with Gasteiger partial charge in [0.1, 0.15) is 11.8 Å². The zero-order valence-corrected chi connectivity index (χ0v) is 10.0. The topological polar surface area (TPSA) is 79.5 Å². The lowest BCUT2D eigenvalue weighted by molar-refractivity contribution is -0.139. The van der Waals surface area contributed by atoms with Gasteiger partial charge in [0.25, 0.3) is 5.91 Å². The van der Waals surface area contributed by atoms with Crippen molar-refractivity contribution in [3.63, 3.8) is 0 Å². The summed E-state index contributed by atoms with van der Waals surface area (Å²) >= 11 is 0. The second-order valence-corrected chi connectivity index (χ2v) is 3.92. The molecule has 0 unspecified atom stereocenters. The Labute approximate surface area is 99.8 Å². The lowest BCUT2D eigenvalue weighted by atomic mass is 10.1. The lowest BCUT2D eigenvalue weighted by Gasteiger charge is -2.12. The van der Waals surface area contributed by atoms with Gasteiger partial charge in [0.2, 0.25) is 0 Å². The largest absolute Gasteiger partial charge is 0.480 e. The summed E-state index contributed by atoms with van der Waals surface area (Å²) in [7, 11) is 0. The average Bonchev–Trinajstić information content (AvgIpc) is 2.70. The minimum atomic E-state index is -1.02. The van der Waals surface area contributed by atoms with Crippen molar-refractivity contribution in [2.75, 3.05) is 0 Å². The number of rotatable bonds is 6. The third-order valence-corrected chi connectivity index (χ3v) is 2.41. The molecule has 1 rings (SSSR count). The van der Waals surface area contributed by atoms with Crippen LogP contribution in [0.5, 0.6) is 0 Å². The van der Waals surface area contributed by atoms with Crippen LogP contribution in [-0.4, -0.2) is 23.0 Å². The number of carbonyl (C=O) groups excluding carboxylic acids is 1. The fourth-order valence-electron chi connectivity index (χ4n) is 1.45. The van der Waals surface area contributed by atoms with E-state index < -0.39 is 17.9 Å². The Balaban J connectivity index is 2.60. The number of unbranched alkanes of at least 4 members (excludes halogenated alkanes) is 1. The van der Waals surface area contributed by atoms with Crippen LogP contribution in [0.1, 0.15) is 42.5 Å². The van der Waals surface area contributed by atoms with Crippen LogP contribution in [0.2, 0.25) is 0 Å². The number of carboxylic acid groups (broad SMARTS) is 1. The first kappa shape index (κ1) is 13.3. The van der Waals surface area contributed by atoms with E-state index in [-0.39, 0.29) is 5.76 Å². The van der Waals surface area contributed by atoms with E-state index in [9.17, 15) is 9.59 Å². The van der Waals surface area contributed by atoms with Crippen molar-refractivity contribution in [1.82, 2.24) is 5.32 Å². The van der Waals surface area contributed by atoms with Gasteiger partial charge in [-0.25, -0.2) is 4.79 Å². The number of hydrogen-bond acceptors (Lipinski definition) is 3. The molecule has 94 valence electrons. The summed E-state index contributed by atoms with van der Waals surface area (Å²) < 4.78 is 5.13. The molecule has 0 saturated heterocycles. The summed E-state index contributed by atoms with van der Waals surface area (Å²) in [5, 5.41) is 11.4. The smallest absolute Gasteiger partial charge is 0.326 e. The highest BCUT2D eigenvalue weighted by atomic mass is 16.4. The summed E-state index contributed by atoms with van der Waals surface area (Å²) in [6.45, 7) is 3.69. The maximum Gasteiger partial charge on any atom is 0.326 e. The van der Waals surface area contributed by atoms with E-state index in [1.54, 1.807) is 13.0 Å². The summed E-state index contributed by atoms with van der Waals surface area (Å²) in [5.41, 5.74) is 0. The SMILES string of the molecule is CCCC[C@H](NC(=O)c1ccc(C)o1)C(=O)O. The van der Waals surface area contributed by atoms with Gasteiger partial charge in [-0.15, -0.1) is 0 Å². The fourth-order valence-corrected chi connectivity index (χ4v) is 1.45. The van der Waals surface area contributed by atoms with E-state index >= 15 is 0 Å². The zero-order valence-electron chi connectivity index (χ0n) is 10.0. The van der Waals surface area contributed by atoms with Gasteiger partial charge in [0, 0.05) is 0 Å². The zero-order chi connectivity index (χ0) is 12.8. The number of carbonyl (C=O) groups is 2. The van der Waals surface area contributed by atoms with Crippen LogP contribution in [0.3, 0.4) is 0 Å². The van der Waals surface area contributed by atoms with Gasteiger partial charge < -0.3 is 14.8 Å². The van der Waals surface area contributed by atoms with E-state index in [0.717, 1.165) is 12.8 Å². The summed E-state index contributed by atoms with van der Waals surface area (Å²) in [6, 6.07) is 2.34.